The van der Waals surface area contributed by atoms with Gasteiger partial charge < -0.3 is 0 Å². The van der Waals surface area contributed by atoms with Crippen LogP contribution in [0.25, 0.3) is 0 Å². The van der Waals surface area contributed by atoms with Gasteiger partial charge in [0.05, 0.1) is 0 Å². The van der Waals surface area contributed by atoms with Gasteiger partial charge in [0.2, 0.25) is 0 Å². The third-order valence-corrected chi connectivity index (χ3v) is 6.89. The smallest absolute Gasteiger partial charge is 0.191 e. The van der Waals surface area contributed by atoms with Crippen molar-refractivity contribution in [3.05, 3.63) is 47.6 Å². The zero-order valence-electron chi connectivity index (χ0n) is 12.3. The van der Waals surface area contributed by atoms with Crippen LogP contribution in [0.15, 0.2) is 47.6 Å². The molecule has 0 bridgehead atoms. The minimum absolute atomic E-state index is 0.258. The Hall–Kier alpha value is -1.97. The standard InChI is InChI=1S/C18H18O2S/c1-5-17(11-7-15(3)8-12-17)21(19,20)18(6-2)13-9-16(4)10-14-18/h1-2,7-11,13H,12,14H2,3-4H3. The van der Waals surface area contributed by atoms with E-state index in [1.807, 2.05) is 26.0 Å². The van der Waals surface area contributed by atoms with Crippen molar-refractivity contribution in [2.75, 3.05) is 0 Å². The van der Waals surface area contributed by atoms with Crippen LogP contribution in [0.4, 0.5) is 0 Å². The SMILES string of the molecule is C#CC1(S(=O)(=O)C2(C#C)C=CC(C)=CC2)C=CC(C)=CC1. The largest absolute Gasteiger partial charge is 0.225 e. The number of hydrogen-bond donors (Lipinski definition) is 0. The summed E-state index contributed by atoms with van der Waals surface area (Å²) < 4.78 is 23.7. The molecule has 0 aromatic rings. The Morgan fingerprint density at radius 1 is 0.952 bits per heavy atom. The van der Waals surface area contributed by atoms with Gasteiger partial charge in [-0.2, -0.15) is 0 Å². The highest BCUT2D eigenvalue weighted by Crippen LogP contribution is 2.40. The Labute approximate surface area is 127 Å². The maximum atomic E-state index is 13.2. The summed E-state index contributed by atoms with van der Waals surface area (Å²) in [6.07, 6.45) is 22.1. The van der Waals surface area contributed by atoms with Crippen LogP contribution in [0.3, 0.4) is 0 Å². The maximum Gasteiger partial charge on any atom is 0.191 e. The molecular formula is C18H18O2S. The molecule has 0 aliphatic heterocycles. The molecule has 2 unspecified atom stereocenters. The molecule has 0 saturated heterocycles. The number of rotatable bonds is 2. The predicted octanol–water partition coefficient (Wildman–Crippen LogP) is 2.96. The van der Waals surface area contributed by atoms with Crippen molar-refractivity contribution < 1.29 is 8.42 Å². The zero-order valence-corrected chi connectivity index (χ0v) is 13.1. The summed E-state index contributed by atoms with van der Waals surface area (Å²) in [6, 6.07) is 0. The minimum atomic E-state index is -3.79. The highest BCUT2D eigenvalue weighted by Gasteiger charge is 2.52. The van der Waals surface area contributed by atoms with Crippen LogP contribution in [-0.2, 0) is 9.84 Å². The van der Waals surface area contributed by atoms with Crippen LogP contribution in [0.5, 0.6) is 0 Å². The van der Waals surface area contributed by atoms with Crippen LogP contribution >= 0.6 is 0 Å². The van der Waals surface area contributed by atoms with Crippen molar-refractivity contribution in [1.29, 1.82) is 0 Å². The first-order valence-corrected chi connectivity index (χ1v) is 8.22. The lowest BCUT2D eigenvalue weighted by molar-refractivity contribution is 0.555. The molecule has 3 heteroatoms. The fourth-order valence-corrected chi connectivity index (χ4v) is 4.58. The predicted molar refractivity (Wildman–Crippen MR) is 87.1 cm³/mol. The van der Waals surface area contributed by atoms with Crippen LogP contribution in [0.2, 0.25) is 0 Å². The summed E-state index contributed by atoms with van der Waals surface area (Å²) in [5.41, 5.74) is 2.00. The van der Waals surface area contributed by atoms with Crippen molar-refractivity contribution in [3.63, 3.8) is 0 Å². The van der Waals surface area contributed by atoms with Gasteiger partial charge >= 0.3 is 0 Å². The van der Waals surface area contributed by atoms with Crippen LogP contribution in [-0.4, -0.2) is 17.9 Å². The van der Waals surface area contributed by atoms with Gasteiger partial charge in [-0.1, -0.05) is 59.4 Å². The number of hydrogen-bond acceptors (Lipinski definition) is 2. The Morgan fingerprint density at radius 3 is 1.57 bits per heavy atom. The van der Waals surface area contributed by atoms with Gasteiger partial charge in [0, 0.05) is 12.8 Å². The van der Waals surface area contributed by atoms with Crippen molar-refractivity contribution in [1.82, 2.24) is 0 Å². The van der Waals surface area contributed by atoms with E-state index < -0.39 is 19.3 Å². The summed E-state index contributed by atoms with van der Waals surface area (Å²) in [7, 11) is -3.79. The van der Waals surface area contributed by atoms with E-state index in [-0.39, 0.29) is 12.8 Å². The molecule has 0 aromatic heterocycles. The summed E-state index contributed by atoms with van der Waals surface area (Å²) in [5, 5.41) is 0. The van der Waals surface area contributed by atoms with Crippen LogP contribution in [0, 0.1) is 24.7 Å². The van der Waals surface area contributed by atoms with E-state index in [1.54, 1.807) is 24.3 Å². The normalized spacial score (nSPS) is 31.8. The van der Waals surface area contributed by atoms with E-state index in [9.17, 15) is 8.42 Å². The molecule has 0 spiro atoms. The van der Waals surface area contributed by atoms with Crippen LogP contribution < -0.4 is 0 Å². The minimum Gasteiger partial charge on any atom is -0.225 e. The number of sulfone groups is 1. The molecule has 0 saturated carbocycles. The van der Waals surface area contributed by atoms with Gasteiger partial charge in [-0.25, -0.2) is 8.42 Å². The molecule has 0 heterocycles. The van der Waals surface area contributed by atoms with Crippen molar-refractivity contribution in [2.45, 2.75) is 36.2 Å². The van der Waals surface area contributed by atoms with Crippen LogP contribution in [0.1, 0.15) is 26.7 Å². The van der Waals surface area contributed by atoms with E-state index in [4.69, 9.17) is 12.8 Å². The average Bonchev–Trinajstić information content (AvgIpc) is 2.49. The second-order valence-electron chi connectivity index (χ2n) is 5.54. The Balaban J connectivity index is 2.57. The molecule has 2 atom stereocenters. The molecule has 2 rings (SSSR count). The first-order valence-electron chi connectivity index (χ1n) is 6.74. The molecule has 0 fully saturated rings. The topological polar surface area (TPSA) is 34.1 Å². The fourth-order valence-electron chi connectivity index (χ4n) is 2.52. The molecule has 2 aliphatic carbocycles. The average molecular weight is 298 g/mol. The molecule has 0 aromatic carbocycles. The first-order chi connectivity index (χ1) is 9.82. The van der Waals surface area contributed by atoms with E-state index >= 15 is 0 Å². The molecule has 2 nitrogen and oxygen atoms in total. The van der Waals surface area contributed by atoms with E-state index in [0.29, 0.717) is 0 Å². The highest BCUT2D eigenvalue weighted by atomic mass is 32.2. The van der Waals surface area contributed by atoms with E-state index in [0.717, 1.165) is 11.1 Å². The third kappa shape index (κ3) is 2.19. The Bertz CT molecular complexity index is 703. The second-order valence-corrected chi connectivity index (χ2v) is 8.01. The van der Waals surface area contributed by atoms with Crippen molar-refractivity contribution in [2.24, 2.45) is 0 Å². The van der Waals surface area contributed by atoms with Gasteiger partial charge in [0.25, 0.3) is 0 Å². The molecule has 2 aliphatic rings. The molecule has 21 heavy (non-hydrogen) atoms. The zero-order chi connectivity index (χ0) is 15.7. The summed E-state index contributed by atoms with van der Waals surface area (Å²) in [6.45, 7) is 3.82. The summed E-state index contributed by atoms with van der Waals surface area (Å²) in [5.74, 6) is 4.95. The summed E-state index contributed by atoms with van der Waals surface area (Å²) in [4.78, 5) is 0. The lowest BCUT2D eigenvalue weighted by Gasteiger charge is -2.36. The Morgan fingerprint density at radius 2 is 1.33 bits per heavy atom. The molecule has 0 amide bonds. The fraction of sp³-hybridized carbons (Fsp3) is 0.333. The van der Waals surface area contributed by atoms with E-state index in [2.05, 4.69) is 11.8 Å². The van der Waals surface area contributed by atoms with Crippen molar-refractivity contribution >= 4 is 9.84 Å². The van der Waals surface area contributed by atoms with Crippen molar-refractivity contribution in [3.8, 4) is 24.7 Å². The maximum absolute atomic E-state index is 13.2. The summed E-state index contributed by atoms with van der Waals surface area (Å²) >= 11 is 0. The molecule has 0 N–H and O–H groups in total. The highest BCUT2D eigenvalue weighted by molar-refractivity contribution is 7.95. The molecule has 0 radical (unpaired) electrons. The molecule has 108 valence electrons. The van der Waals surface area contributed by atoms with Gasteiger partial charge in [0.1, 0.15) is 0 Å². The third-order valence-electron chi connectivity index (χ3n) is 4.13. The number of terminal acetylenes is 2. The quantitative estimate of drug-likeness (QED) is 0.735. The van der Waals surface area contributed by atoms with Gasteiger partial charge in [-0.05, 0) is 13.8 Å². The van der Waals surface area contributed by atoms with E-state index in [1.165, 1.54) is 0 Å². The van der Waals surface area contributed by atoms with Gasteiger partial charge in [0.15, 0.2) is 19.3 Å². The Kier molecular flexibility index (Phi) is 3.74. The second kappa shape index (κ2) is 5.10. The monoisotopic (exact) mass is 298 g/mol. The lowest BCUT2D eigenvalue weighted by atomic mass is 9.96. The number of allylic oxidation sites excluding steroid dienone is 6. The molecular weight excluding hydrogens is 280 g/mol. The van der Waals surface area contributed by atoms with Gasteiger partial charge in [-0.3, -0.25) is 0 Å². The lowest BCUT2D eigenvalue weighted by Crippen LogP contribution is -2.49. The van der Waals surface area contributed by atoms with Gasteiger partial charge in [-0.15, -0.1) is 12.8 Å². The first kappa shape index (κ1) is 15.4.